The van der Waals surface area contributed by atoms with E-state index in [0.717, 1.165) is 59.8 Å². The Labute approximate surface area is 245 Å². The number of unbranched alkanes of at least 4 members (excludes halogenated alkanes) is 6. The van der Waals surface area contributed by atoms with E-state index in [4.69, 9.17) is 14.2 Å². The highest BCUT2D eigenvalue weighted by atomic mass is 19.4. The molecule has 1 aromatic heterocycles. The van der Waals surface area contributed by atoms with Crippen LogP contribution in [0.5, 0.6) is 11.6 Å². The molecule has 0 amide bonds. The molecular formula is C30H44F3N3O6. The van der Waals surface area contributed by atoms with Crippen LogP contribution < -0.4 is 20.7 Å². The third kappa shape index (κ3) is 12.7. The van der Waals surface area contributed by atoms with Crippen molar-refractivity contribution >= 4 is 5.97 Å². The number of hydrogen-bond donors (Lipinski definition) is 0. The lowest BCUT2D eigenvalue weighted by Gasteiger charge is -2.14. The number of carbonyl (C=O) groups is 1. The van der Waals surface area contributed by atoms with Crippen molar-refractivity contribution < 1.29 is 32.2 Å². The van der Waals surface area contributed by atoms with Gasteiger partial charge in [0, 0.05) is 19.5 Å². The molecule has 0 saturated carbocycles. The molecule has 0 aliphatic rings. The number of esters is 1. The van der Waals surface area contributed by atoms with Crippen LogP contribution in [0.3, 0.4) is 0 Å². The number of hydrogen-bond acceptors (Lipinski definition) is 7. The number of halogens is 3. The summed E-state index contributed by atoms with van der Waals surface area (Å²) < 4.78 is 56.1. The average molecular weight is 600 g/mol. The molecular weight excluding hydrogens is 555 g/mol. The van der Waals surface area contributed by atoms with Gasteiger partial charge in [0.15, 0.2) is 6.10 Å². The molecule has 2 aromatic rings. The fourth-order valence-corrected chi connectivity index (χ4v) is 4.34. The highest BCUT2D eigenvalue weighted by Crippen LogP contribution is 2.21. The zero-order valence-corrected chi connectivity index (χ0v) is 24.9. The predicted octanol–water partition coefficient (Wildman–Crippen LogP) is 5.84. The van der Waals surface area contributed by atoms with Crippen molar-refractivity contribution in [3.63, 3.8) is 0 Å². The molecule has 236 valence electrons. The van der Waals surface area contributed by atoms with E-state index in [0.29, 0.717) is 18.6 Å². The first-order chi connectivity index (χ1) is 20.1. The first kappa shape index (κ1) is 34.9. The first-order valence-electron chi connectivity index (χ1n) is 14.9. The van der Waals surface area contributed by atoms with Crippen LogP contribution in [0.4, 0.5) is 13.2 Å². The molecule has 0 radical (unpaired) electrons. The van der Waals surface area contributed by atoms with E-state index >= 15 is 0 Å². The first-order valence-corrected chi connectivity index (χ1v) is 14.9. The van der Waals surface area contributed by atoms with E-state index in [1.807, 2.05) is 18.2 Å². The number of carbonyl (C=O) groups excluding carboxylic acids is 1. The number of alkyl halides is 3. The zero-order chi connectivity index (χ0) is 31.0. The van der Waals surface area contributed by atoms with Gasteiger partial charge in [-0.05, 0) is 70.1 Å². The van der Waals surface area contributed by atoms with Gasteiger partial charge in [-0.25, -0.2) is 14.3 Å². The third-order valence-corrected chi connectivity index (χ3v) is 6.59. The third-order valence-electron chi connectivity index (χ3n) is 6.59. The number of ether oxygens (including phenoxy) is 3. The quantitative estimate of drug-likeness (QED) is 0.139. The maximum absolute atomic E-state index is 12.9. The Hall–Kier alpha value is -3.31. The molecule has 2 rings (SSSR count). The molecule has 0 bridgehead atoms. The maximum atomic E-state index is 12.9. The molecule has 1 aromatic carbocycles. The summed E-state index contributed by atoms with van der Waals surface area (Å²) >= 11 is 0. The maximum Gasteiger partial charge on any atom is 0.389 e. The lowest BCUT2D eigenvalue weighted by atomic mass is 10.1. The summed E-state index contributed by atoms with van der Waals surface area (Å²) in [6.45, 7) is 5.83. The molecule has 1 atom stereocenters. The molecule has 12 heteroatoms. The Morgan fingerprint density at radius 1 is 0.976 bits per heavy atom. The second kappa shape index (κ2) is 18.3. The van der Waals surface area contributed by atoms with Crippen molar-refractivity contribution in [1.29, 1.82) is 0 Å². The number of aromatic nitrogens is 3. The van der Waals surface area contributed by atoms with Crippen molar-refractivity contribution in [3.05, 3.63) is 50.7 Å². The Bertz CT molecular complexity index is 1210. The summed E-state index contributed by atoms with van der Waals surface area (Å²) in [5.74, 6) is -0.113. The van der Waals surface area contributed by atoms with E-state index < -0.39 is 35.9 Å². The van der Waals surface area contributed by atoms with Crippen LogP contribution in [0.25, 0.3) is 0 Å². The highest BCUT2D eigenvalue weighted by molar-refractivity contribution is 5.74. The molecule has 0 fully saturated rings. The molecule has 0 N–H and O–H groups in total. The molecule has 9 nitrogen and oxygen atoms in total. The lowest BCUT2D eigenvalue weighted by Crippen LogP contribution is -2.42. The Morgan fingerprint density at radius 3 is 2.43 bits per heavy atom. The SMILES string of the molecule is CCCCCCCn1c(=O)c(OCCCCCc2cccc(OC(C)C(=O)OCC)c2)nn(CCCC(F)(F)F)c1=O. The second-order valence-electron chi connectivity index (χ2n) is 10.2. The minimum atomic E-state index is -4.34. The molecule has 1 unspecified atom stereocenters. The Morgan fingerprint density at radius 2 is 1.71 bits per heavy atom. The van der Waals surface area contributed by atoms with Gasteiger partial charge in [0.05, 0.1) is 13.2 Å². The Balaban J connectivity index is 1.93. The van der Waals surface area contributed by atoms with E-state index in [-0.39, 0.29) is 38.6 Å². The fourth-order valence-electron chi connectivity index (χ4n) is 4.34. The standard InChI is InChI=1S/C30H44F3N3O6/c1-4-6-7-8-11-19-35-27(37)26(34-36(29(35)39)20-14-18-30(31,32)33)41-21-12-9-10-15-24-16-13-17-25(22-24)42-23(3)28(38)40-5-2/h13,16-17,22-23H,4-12,14-15,18-21H2,1-3H3. The van der Waals surface area contributed by atoms with Crippen molar-refractivity contribution in [2.75, 3.05) is 13.2 Å². The summed E-state index contributed by atoms with van der Waals surface area (Å²) in [7, 11) is 0. The minimum Gasteiger partial charge on any atom is -0.479 e. The molecule has 0 aliphatic heterocycles. The van der Waals surface area contributed by atoms with Gasteiger partial charge in [0.2, 0.25) is 0 Å². The predicted molar refractivity (Wildman–Crippen MR) is 153 cm³/mol. The summed E-state index contributed by atoms with van der Waals surface area (Å²) in [5, 5.41) is 3.97. The Kier molecular flexibility index (Phi) is 15.2. The van der Waals surface area contributed by atoms with Crippen molar-refractivity contribution in [1.82, 2.24) is 14.3 Å². The van der Waals surface area contributed by atoms with Gasteiger partial charge in [-0.1, -0.05) is 44.7 Å². The van der Waals surface area contributed by atoms with Crippen LogP contribution in [0.15, 0.2) is 33.9 Å². The van der Waals surface area contributed by atoms with Gasteiger partial charge in [-0.2, -0.15) is 13.2 Å². The van der Waals surface area contributed by atoms with Gasteiger partial charge < -0.3 is 14.2 Å². The largest absolute Gasteiger partial charge is 0.479 e. The molecule has 1 heterocycles. The number of benzene rings is 1. The van der Waals surface area contributed by atoms with Gasteiger partial charge in [-0.15, -0.1) is 5.10 Å². The van der Waals surface area contributed by atoms with E-state index in [1.54, 1.807) is 19.9 Å². The number of rotatable bonds is 20. The summed E-state index contributed by atoms with van der Waals surface area (Å²) in [6, 6.07) is 7.48. The highest BCUT2D eigenvalue weighted by Gasteiger charge is 2.26. The monoisotopic (exact) mass is 599 g/mol. The second-order valence-corrected chi connectivity index (χ2v) is 10.2. The summed E-state index contributed by atoms with van der Waals surface area (Å²) in [4.78, 5) is 37.5. The number of nitrogens with zero attached hydrogens (tertiary/aromatic N) is 3. The minimum absolute atomic E-state index is 0.168. The van der Waals surface area contributed by atoms with Crippen LogP contribution in [-0.2, 0) is 29.0 Å². The molecule has 0 spiro atoms. The van der Waals surface area contributed by atoms with Gasteiger partial charge in [0.25, 0.3) is 5.88 Å². The van der Waals surface area contributed by atoms with Crippen molar-refractivity contribution in [2.45, 2.75) is 117 Å². The molecule has 0 aliphatic carbocycles. The van der Waals surface area contributed by atoms with Crippen molar-refractivity contribution in [3.8, 4) is 11.6 Å². The van der Waals surface area contributed by atoms with Gasteiger partial charge in [-0.3, -0.25) is 9.36 Å². The van der Waals surface area contributed by atoms with Gasteiger partial charge >= 0.3 is 23.4 Å². The lowest BCUT2D eigenvalue weighted by molar-refractivity contribution is -0.150. The molecule has 0 saturated heterocycles. The smallest absolute Gasteiger partial charge is 0.389 e. The average Bonchev–Trinajstić information content (AvgIpc) is 2.93. The van der Waals surface area contributed by atoms with Crippen LogP contribution in [0.1, 0.15) is 90.5 Å². The van der Waals surface area contributed by atoms with E-state index in [1.165, 1.54) is 0 Å². The topological polar surface area (TPSA) is 102 Å². The van der Waals surface area contributed by atoms with Gasteiger partial charge in [0.1, 0.15) is 5.75 Å². The van der Waals surface area contributed by atoms with Crippen molar-refractivity contribution in [2.24, 2.45) is 0 Å². The van der Waals surface area contributed by atoms with Crippen LogP contribution in [0, 0.1) is 0 Å². The summed E-state index contributed by atoms with van der Waals surface area (Å²) in [5.41, 5.74) is -0.330. The van der Waals surface area contributed by atoms with E-state index in [2.05, 4.69) is 12.0 Å². The van der Waals surface area contributed by atoms with Crippen LogP contribution >= 0.6 is 0 Å². The molecule has 42 heavy (non-hydrogen) atoms. The summed E-state index contributed by atoms with van der Waals surface area (Å²) in [6.07, 6.45) is 1.08. The fraction of sp³-hybridized carbons (Fsp3) is 0.667. The zero-order valence-electron chi connectivity index (χ0n) is 24.9. The normalized spacial score (nSPS) is 12.2. The number of aryl methyl sites for hydroxylation is 2. The van der Waals surface area contributed by atoms with Crippen LogP contribution in [-0.4, -0.2) is 45.8 Å². The van der Waals surface area contributed by atoms with E-state index in [9.17, 15) is 27.6 Å². The van der Waals surface area contributed by atoms with Crippen LogP contribution in [0.2, 0.25) is 0 Å².